The number of esters is 4. The van der Waals surface area contributed by atoms with Crippen LogP contribution >= 0.6 is 34.8 Å². The molecule has 0 radical (unpaired) electrons. The minimum absolute atomic E-state index is 0.00748. The van der Waals surface area contributed by atoms with Crippen LogP contribution in [0.15, 0.2) is 71.8 Å². The van der Waals surface area contributed by atoms with Gasteiger partial charge in [-0.05, 0) is 63.5 Å². The first-order valence-corrected chi connectivity index (χ1v) is 23.2. The van der Waals surface area contributed by atoms with E-state index in [0.717, 1.165) is 13.8 Å². The van der Waals surface area contributed by atoms with Crippen LogP contribution in [0.4, 0.5) is 9.59 Å². The fraction of sp³-hybridized carbons (Fsp3) is 0.562. The lowest BCUT2D eigenvalue weighted by Crippen LogP contribution is -2.82. The number of hydrogen-bond donors (Lipinski definition) is 3. The molecule has 11 atom stereocenters. The van der Waals surface area contributed by atoms with Crippen LogP contribution in [-0.4, -0.2) is 123 Å². The molecule has 21 heteroatoms. The van der Waals surface area contributed by atoms with Gasteiger partial charge in [0.1, 0.15) is 42.2 Å². The van der Waals surface area contributed by atoms with E-state index in [4.69, 9.17) is 72.7 Å². The Morgan fingerprint density at radius 2 is 1.49 bits per heavy atom. The highest BCUT2D eigenvalue weighted by Crippen LogP contribution is 2.65. The number of benzene rings is 2. The molecule has 3 N–H and O–H groups in total. The molecule has 2 bridgehead atoms. The molecule has 69 heavy (non-hydrogen) atoms. The summed E-state index contributed by atoms with van der Waals surface area (Å²) >= 11 is 17.6. The molecule has 2 saturated carbocycles. The van der Waals surface area contributed by atoms with E-state index < -0.39 is 142 Å². The largest absolute Gasteiger partial charge is 0.508 e. The van der Waals surface area contributed by atoms with Crippen LogP contribution in [0.3, 0.4) is 0 Å². The van der Waals surface area contributed by atoms with Crippen LogP contribution in [0.2, 0.25) is 0 Å². The number of aliphatic hydroxyl groups is 2. The van der Waals surface area contributed by atoms with Gasteiger partial charge in [-0.1, -0.05) is 97.2 Å². The summed E-state index contributed by atoms with van der Waals surface area (Å²) in [5.74, 6) is -6.91. The van der Waals surface area contributed by atoms with Crippen LogP contribution in [0.25, 0.3) is 0 Å². The Morgan fingerprint density at radius 1 is 0.884 bits per heavy atom. The van der Waals surface area contributed by atoms with E-state index in [0.29, 0.717) is 0 Å². The summed E-state index contributed by atoms with van der Waals surface area (Å²) in [6.45, 7) is 11.6. The molecule has 376 valence electrons. The van der Waals surface area contributed by atoms with Crippen molar-refractivity contribution in [2.24, 2.45) is 16.7 Å². The predicted octanol–water partition coefficient (Wildman–Crippen LogP) is 6.36. The molecule has 18 nitrogen and oxygen atoms in total. The number of alkyl halides is 3. The SMILES string of the molecule is CC(=O)O[C@H]1C(=O)[C@]2(C)[C@@H](OC(=O)OCC(Cl)(Cl)Cl)C[C@H]3OC[C@@]3(OC(C)=O)[C@H]2[C@H](OC(=O)c2ccccc2)[C@]2(O)C[C@H](OC(=O)[C@H](O)[C@@H](NC(=O)OC(C)(C)C)c3ccccc3)C(C)=C1C2(C)C. The Bertz CT molecular complexity index is 2370. The zero-order valence-electron chi connectivity index (χ0n) is 39.4. The van der Waals surface area contributed by atoms with E-state index in [-0.39, 0.29) is 28.7 Å². The number of aliphatic hydroxyl groups excluding tert-OH is 1. The van der Waals surface area contributed by atoms with E-state index in [2.05, 4.69) is 5.32 Å². The standard InChI is InChI=1S/C48H56Cl3NO17/c1-24-29(65-40(58)34(55)33(27-16-12-10-13-17-27)52-41(59)69-43(4,5)6)21-47(61)38(67-39(57)28-18-14-11-15-19-28)36-45(9,37(56)35(64-25(2)53)32(24)44(47,7)8)30(66-42(60)63-23-48(49,50)51)20-31-46(36,22-62-31)68-26(3)54/h10-19,29-31,33-36,38,55,61H,20-23H2,1-9H3,(H,52,59)/t29-,30-,31+,33-,34+,35+,36-,38-,45+,46-,47+/m0/s1. The highest BCUT2D eigenvalue weighted by atomic mass is 35.6. The van der Waals surface area contributed by atoms with Crippen molar-refractivity contribution in [3.05, 3.63) is 82.9 Å². The molecule has 0 spiro atoms. The maximum Gasteiger partial charge on any atom is 0.508 e. The number of halogens is 3. The van der Waals surface area contributed by atoms with Crippen molar-refractivity contribution in [3.8, 4) is 0 Å². The molecular weight excluding hydrogens is 969 g/mol. The van der Waals surface area contributed by atoms with Gasteiger partial charge in [-0.25, -0.2) is 19.2 Å². The maximum absolute atomic E-state index is 16.0. The number of ether oxygens (including phenoxy) is 8. The molecule has 1 saturated heterocycles. The van der Waals surface area contributed by atoms with Gasteiger partial charge in [0, 0.05) is 32.1 Å². The lowest BCUT2D eigenvalue weighted by atomic mass is 9.44. The number of rotatable bonds is 11. The summed E-state index contributed by atoms with van der Waals surface area (Å²) in [6, 6.07) is 14.2. The zero-order chi connectivity index (χ0) is 51.2. The van der Waals surface area contributed by atoms with Gasteiger partial charge in [0.2, 0.25) is 3.79 Å². The third-order valence-electron chi connectivity index (χ3n) is 13.4. The van der Waals surface area contributed by atoms with Gasteiger partial charge < -0.3 is 53.4 Å². The summed E-state index contributed by atoms with van der Waals surface area (Å²) in [5.41, 5.74) is -9.25. The van der Waals surface area contributed by atoms with Gasteiger partial charge in [0.15, 0.2) is 23.6 Å². The average molecular weight is 1030 g/mol. The van der Waals surface area contributed by atoms with Gasteiger partial charge in [-0.15, -0.1) is 0 Å². The van der Waals surface area contributed by atoms with Crippen molar-refractivity contribution in [2.45, 2.75) is 138 Å². The van der Waals surface area contributed by atoms with E-state index >= 15 is 4.79 Å². The van der Waals surface area contributed by atoms with Crippen molar-refractivity contribution in [2.75, 3.05) is 13.2 Å². The second-order valence-corrected chi connectivity index (χ2v) is 21.9. The monoisotopic (exact) mass is 1020 g/mol. The lowest BCUT2D eigenvalue weighted by molar-refractivity contribution is -0.346. The van der Waals surface area contributed by atoms with Crippen LogP contribution in [0.5, 0.6) is 0 Å². The van der Waals surface area contributed by atoms with Crippen molar-refractivity contribution in [1.82, 2.24) is 5.32 Å². The molecule has 3 fully saturated rings. The number of ketones is 1. The number of amides is 1. The van der Waals surface area contributed by atoms with Gasteiger partial charge in [-0.3, -0.25) is 14.4 Å². The molecule has 1 heterocycles. The third-order valence-corrected chi connectivity index (χ3v) is 13.7. The minimum atomic E-state index is -2.54. The van der Waals surface area contributed by atoms with Crippen molar-refractivity contribution in [3.63, 3.8) is 0 Å². The predicted molar refractivity (Wildman–Crippen MR) is 244 cm³/mol. The van der Waals surface area contributed by atoms with Crippen LogP contribution in [0.1, 0.15) is 97.1 Å². The second kappa shape index (κ2) is 19.7. The molecule has 0 aromatic heterocycles. The first-order chi connectivity index (χ1) is 32.0. The smallest absolute Gasteiger partial charge is 0.456 e. The Hall–Kier alpha value is -4.98. The molecule has 2 aromatic rings. The molecule has 2 aromatic carbocycles. The van der Waals surface area contributed by atoms with E-state index in [1.54, 1.807) is 69.3 Å². The third kappa shape index (κ3) is 10.6. The van der Waals surface area contributed by atoms with E-state index in [9.17, 15) is 39.0 Å². The number of fused-ring (bicyclic) bond motifs is 5. The minimum Gasteiger partial charge on any atom is -0.456 e. The van der Waals surface area contributed by atoms with Crippen LogP contribution < -0.4 is 5.32 Å². The normalized spacial score (nSPS) is 30.2. The number of carbonyl (C=O) groups is 7. The molecular formula is C48H56Cl3NO17. The van der Waals surface area contributed by atoms with Gasteiger partial charge >= 0.3 is 36.1 Å². The van der Waals surface area contributed by atoms with E-state index in [1.807, 2.05) is 0 Å². The summed E-state index contributed by atoms with van der Waals surface area (Å²) in [5, 5.41) is 28.2. The van der Waals surface area contributed by atoms with Crippen molar-refractivity contribution in [1.29, 1.82) is 0 Å². The number of carbonyl (C=O) groups excluding carboxylic acids is 7. The van der Waals surface area contributed by atoms with Crippen LogP contribution in [-0.2, 0) is 57.1 Å². The fourth-order valence-corrected chi connectivity index (χ4v) is 10.4. The number of alkyl carbamates (subject to hydrolysis) is 1. The highest BCUT2D eigenvalue weighted by Gasteiger charge is 2.79. The van der Waals surface area contributed by atoms with Gasteiger partial charge in [-0.2, -0.15) is 0 Å². The van der Waals surface area contributed by atoms with Crippen molar-refractivity contribution < 1.29 is 81.7 Å². The number of nitrogens with one attached hydrogen (secondary N) is 1. The highest BCUT2D eigenvalue weighted by molar-refractivity contribution is 6.67. The lowest BCUT2D eigenvalue weighted by Gasteiger charge is -2.67. The summed E-state index contributed by atoms with van der Waals surface area (Å²) in [7, 11) is 0. The van der Waals surface area contributed by atoms with E-state index in [1.165, 1.54) is 39.8 Å². The number of hydrogen-bond acceptors (Lipinski definition) is 17. The molecule has 3 aliphatic carbocycles. The zero-order valence-corrected chi connectivity index (χ0v) is 41.6. The summed E-state index contributed by atoms with van der Waals surface area (Å²) in [4.78, 5) is 98.0. The van der Waals surface area contributed by atoms with Crippen LogP contribution in [0, 0.1) is 16.7 Å². The van der Waals surface area contributed by atoms with Gasteiger partial charge in [0.25, 0.3) is 0 Å². The topological polar surface area (TPSA) is 246 Å². The Labute approximate surface area is 413 Å². The average Bonchev–Trinajstić information content (AvgIpc) is 3.24. The van der Waals surface area contributed by atoms with Crippen molar-refractivity contribution >= 4 is 76.7 Å². The maximum atomic E-state index is 16.0. The fourth-order valence-electron chi connectivity index (χ4n) is 10.2. The summed E-state index contributed by atoms with van der Waals surface area (Å²) < 4.78 is 44.9. The Balaban J connectivity index is 1.58. The number of Topliss-reactive ketones (excluding diaryl/α,β-unsaturated/α-hetero) is 1. The first kappa shape index (κ1) is 53.4. The quantitative estimate of drug-likeness (QED) is 0.0959. The Kier molecular flexibility index (Phi) is 15.2. The summed E-state index contributed by atoms with van der Waals surface area (Å²) in [6.07, 6.45) is -14.0. The molecule has 4 aliphatic rings. The second-order valence-electron chi connectivity index (χ2n) is 19.4. The Morgan fingerprint density at radius 3 is 2.03 bits per heavy atom. The molecule has 6 rings (SSSR count). The van der Waals surface area contributed by atoms with Gasteiger partial charge in [0.05, 0.1) is 29.5 Å². The molecule has 0 unspecified atom stereocenters. The molecule has 1 aliphatic heterocycles. The molecule has 1 amide bonds. The first-order valence-electron chi connectivity index (χ1n) is 22.0.